The fraction of sp³-hybridized carbons (Fsp3) is 0.462. The van der Waals surface area contributed by atoms with E-state index in [9.17, 15) is 4.79 Å². The molecule has 0 saturated heterocycles. The third kappa shape index (κ3) is 4.75. The highest BCUT2D eigenvalue weighted by Crippen LogP contribution is 2.26. The monoisotopic (exact) mass is 290 g/mol. The number of benzene rings is 1. The molecule has 18 heavy (non-hydrogen) atoms. The van der Waals surface area contributed by atoms with Gasteiger partial charge in [-0.2, -0.15) is 0 Å². The molecule has 0 N–H and O–H groups in total. The number of methoxy groups -OCH3 is 1. The molecule has 1 unspecified atom stereocenters. The van der Waals surface area contributed by atoms with Crippen LogP contribution in [0.4, 0.5) is 0 Å². The molecule has 1 rings (SSSR count). The Labute approximate surface area is 117 Å². The summed E-state index contributed by atoms with van der Waals surface area (Å²) in [6.45, 7) is 4.01. The highest BCUT2D eigenvalue weighted by atomic mass is 35.5. The lowest BCUT2D eigenvalue weighted by molar-refractivity contribution is -0.149. The van der Waals surface area contributed by atoms with Crippen molar-refractivity contribution in [2.45, 2.75) is 26.4 Å². The summed E-state index contributed by atoms with van der Waals surface area (Å²) >= 11 is 11.7. The standard InChI is InChI=1S/C13H16Cl2O3/c1-8(2)4-12(13(16)17-3)18-11-6-9(14)5-10(15)7-11/h5-8,12H,4H2,1-3H3. The first kappa shape index (κ1) is 15.1. The summed E-state index contributed by atoms with van der Waals surface area (Å²) in [6, 6.07) is 4.83. The lowest BCUT2D eigenvalue weighted by Crippen LogP contribution is -2.30. The van der Waals surface area contributed by atoms with Gasteiger partial charge in [0, 0.05) is 10.0 Å². The summed E-state index contributed by atoms with van der Waals surface area (Å²) in [5.41, 5.74) is 0. The molecule has 5 heteroatoms. The molecule has 0 amide bonds. The van der Waals surface area contributed by atoms with Crippen LogP contribution in [0.2, 0.25) is 10.0 Å². The van der Waals surface area contributed by atoms with Gasteiger partial charge in [-0.25, -0.2) is 4.79 Å². The minimum atomic E-state index is -0.649. The second-order valence-electron chi connectivity index (χ2n) is 4.36. The predicted molar refractivity (Wildman–Crippen MR) is 72.3 cm³/mol. The number of halogens is 2. The Morgan fingerprint density at radius 2 is 1.78 bits per heavy atom. The van der Waals surface area contributed by atoms with Crippen molar-refractivity contribution in [2.75, 3.05) is 7.11 Å². The van der Waals surface area contributed by atoms with Crippen LogP contribution in [0.15, 0.2) is 18.2 Å². The van der Waals surface area contributed by atoms with Crippen LogP contribution in [-0.2, 0) is 9.53 Å². The molecule has 1 aromatic rings. The molecule has 0 saturated carbocycles. The molecule has 0 aromatic heterocycles. The normalized spacial score (nSPS) is 12.3. The van der Waals surface area contributed by atoms with Gasteiger partial charge in [-0.05, 0) is 30.5 Å². The van der Waals surface area contributed by atoms with Crippen LogP contribution in [0.5, 0.6) is 5.75 Å². The zero-order valence-corrected chi connectivity index (χ0v) is 12.1. The molecule has 0 spiro atoms. The van der Waals surface area contributed by atoms with E-state index in [1.165, 1.54) is 7.11 Å². The van der Waals surface area contributed by atoms with Crippen LogP contribution < -0.4 is 4.74 Å². The van der Waals surface area contributed by atoms with E-state index in [0.29, 0.717) is 28.1 Å². The van der Waals surface area contributed by atoms with E-state index in [2.05, 4.69) is 0 Å². The van der Waals surface area contributed by atoms with Crippen molar-refractivity contribution in [3.05, 3.63) is 28.2 Å². The molecule has 0 heterocycles. The first-order chi connectivity index (χ1) is 8.42. The molecular weight excluding hydrogens is 275 g/mol. The molecule has 1 aromatic carbocycles. The van der Waals surface area contributed by atoms with Gasteiger partial charge in [-0.1, -0.05) is 37.0 Å². The first-order valence-electron chi connectivity index (χ1n) is 5.63. The summed E-state index contributed by atoms with van der Waals surface area (Å²) in [5.74, 6) is 0.368. The zero-order chi connectivity index (χ0) is 13.7. The van der Waals surface area contributed by atoms with E-state index in [4.69, 9.17) is 32.7 Å². The number of hydrogen-bond acceptors (Lipinski definition) is 3. The zero-order valence-electron chi connectivity index (χ0n) is 10.6. The molecule has 0 bridgehead atoms. The van der Waals surface area contributed by atoms with Crippen molar-refractivity contribution in [2.24, 2.45) is 5.92 Å². The number of ether oxygens (including phenoxy) is 2. The van der Waals surface area contributed by atoms with Crippen LogP contribution in [-0.4, -0.2) is 19.2 Å². The lowest BCUT2D eigenvalue weighted by atomic mass is 10.1. The van der Waals surface area contributed by atoms with Crippen LogP contribution in [0.25, 0.3) is 0 Å². The Hall–Kier alpha value is -0.930. The Bertz CT molecular complexity index is 398. The van der Waals surface area contributed by atoms with E-state index in [-0.39, 0.29) is 0 Å². The summed E-state index contributed by atoms with van der Waals surface area (Å²) in [6.07, 6.45) is -0.0823. The quantitative estimate of drug-likeness (QED) is 0.770. The maximum absolute atomic E-state index is 11.6. The van der Waals surface area contributed by atoms with Gasteiger partial charge in [0.2, 0.25) is 0 Å². The third-order valence-corrected chi connectivity index (χ3v) is 2.70. The predicted octanol–water partition coefficient (Wildman–Crippen LogP) is 3.96. The largest absolute Gasteiger partial charge is 0.479 e. The second-order valence-corrected chi connectivity index (χ2v) is 5.24. The van der Waals surface area contributed by atoms with E-state index < -0.39 is 12.1 Å². The molecule has 0 aliphatic rings. The van der Waals surface area contributed by atoms with Gasteiger partial charge in [0.25, 0.3) is 0 Å². The van der Waals surface area contributed by atoms with Gasteiger partial charge in [-0.3, -0.25) is 0 Å². The van der Waals surface area contributed by atoms with Gasteiger partial charge in [0.1, 0.15) is 5.75 Å². The lowest BCUT2D eigenvalue weighted by Gasteiger charge is -2.18. The van der Waals surface area contributed by atoms with Crippen molar-refractivity contribution >= 4 is 29.2 Å². The van der Waals surface area contributed by atoms with Crippen LogP contribution in [0.1, 0.15) is 20.3 Å². The Morgan fingerprint density at radius 3 is 2.22 bits per heavy atom. The van der Waals surface area contributed by atoms with Gasteiger partial charge in [0.05, 0.1) is 7.11 Å². The molecular formula is C13H16Cl2O3. The SMILES string of the molecule is COC(=O)C(CC(C)C)Oc1cc(Cl)cc(Cl)c1. The Kier molecular flexibility index (Phi) is 5.76. The number of hydrogen-bond donors (Lipinski definition) is 0. The fourth-order valence-electron chi connectivity index (χ4n) is 1.51. The second kappa shape index (κ2) is 6.86. The Morgan fingerprint density at radius 1 is 1.22 bits per heavy atom. The van der Waals surface area contributed by atoms with Crippen molar-refractivity contribution in [1.29, 1.82) is 0 Å². The number of carbonyl (C=O) groups is 1. The van der Waals surface area contributed by atoms with Crippen LogP contribution >= 0.6 is 23.2 Å². The fourth-order valence-corrected chi connectivity index (χ4v) is 2.02. The number of rotatable bonds is 5. The highest BCUT2D eigenvalue weighted by Gasteiger charge is 2.22. The van der Waals surface area contributed by atoms with Crippen molar-refractivity contribution in [3.63, 3.8) is 0 Å². The van der Waals surface area contributed by atoms with Crippen molar-refractivity contribution in [3.8, 4) is 5.75 Å². The van der Waals surface area contributed by atoms with Gasteiger partial charge in [-0.15, -0.1) is 0 Å². The summed E-state index contributed by atoms with van der Waals surface area (Å²) in [5, 5.41) is 0.927. The first-order valence-corrected chi connectivity index (χ1v) is 6.38. The average molecular weight is 291 g/mol. The summed E-state index contributed by atoms with van der Waals surface area (Å²) in [7, 11) is 1.34. The van der Waals surface area contributed by atoms with Crippen molar-refractivity contribution < 1.29 is 14.3 Å². The summed E-state index contributed by atoms with van der Waals surface area (Å²) in [4.78, 5) is 11.6. The average Bonchev–Trinajstić information content (AvgIpc) is 2.25. The van der Waals surface area contributed by atoms with E-state index in [0.717, 1.165) is 0 Å². The maximum Gasteiger partial charge on any atom is 0.347 e. The van der Waals surface area contributed by atoms with Gasteiger partial charge in [0.15, 0.2) is 6.10 Å². The van der Waals surface area contributed by atoms with Crippen molar-refractivity contribution in [1.82, 2.24) is 0 Å². The van der Waals surface area contributed by atoms with E-state index in [1.54, 1.807) is 18.2 Å². The minimum absolute atomic E-state index is 0.309. The molecule has 0 aliphatic carbocycles. The topological polar surface area (TPSA) is 35.5 Å². The van der Waals surface area contributed by atoms with Crippen LogP contribution in [0.3, 0.4) is 0 Å². The van der Waals surface area contributed by atoms with E-state index in [1.807, 2.05) is 13.8 Å². The molecule has 3 nitrogen and oxygen atoms in total. The van der Waals surface area contributed by atoms with E-state index >= 15 is 0 Å². The van der Waals surface area contributed by atoms with Gasteiger partial charge >= 0.3 is 5.97 Å². The highest BCUT2D eigenvalue weighted by molar-refractivity contribution is 6.34. The maximum atomic E-state index is 11.6. The molecule has 100 valence electrons. The smallest absolute Gasteiger partial charge is 0.347 e. The minimum Gasteiger partial charge on any atom is -0.479 e. The molecule has 0 aliphatic heterocycles. The van der Waals surface area contributed by atoms with Gasteiger partial charge < -0.3 is 9.47 Å². The third-order valence-electron chi connectivity index (χ3n) is 2.26. The number of esters is 1. The molecule has 0 radical (unpaired) electrons. The molecule has 1 atom stereocenters. The molecule has 0 fully saturated rings. The summed E-state index contributed by atoms with van der Waals surface area (Å²) < 4.78 is 10.3. The number of carbonyl (C=O) groups excluding carboxylic acids is 1. The van der Waals surface area contributed by atoms with Crippen LogP contribution in [0, 0.1) is 5.92 Å². The Balaban J connectivity index is 2.84.